The summed E-state index contributed by atoms with van der Waals surface area (Å²) in [5, 5.41) is 2.77. The summed E-state index contributed by atoms with van der Waals surface area (Å²) in [7, 11) is 1.54. The lowest BCUT2D eigenvalue weighted by atomic mass is 10.1. The molecule has 1 amide bonds. The highest BCUT2D eigenvalue weighted by atomic mass is 19.1. The Labute approximate surface area is 123 Å². The Balaban J connectivity index is 1.75. The Kier molecular flexibility index (Phi) is 5.26. The van der Waals surface area contributed by atoms with Crippen molar-refractivity contribution >= 4 is 11.6 Å². The predicted molar refractivity (Wildman–Crippen MR) is 78.8 cm³/mol. The lowest BCUT2D eigenvalue weighted by Crippen LogP contribution is -2.11. The van der Waals surface area contributed by atoms with Crippen LogP contribution in [0.25, 0.3) is 0 Å². The Bertz CT molecular complexity index is 582. The summed E-state index contributed by atoms with van der Waals surface area (Å²) < 4.78 is 17.7. The summed E-state index contributed by atoms with van der Waals surface area (Å²) in [6.07, 6.45) is 3.41. The standard InChI is InChI=1S/C16H17FN2O2/c1-21-16-10-9-14(11-18-16)19-15(20)4-2-3-12-5-7-13(17)8-6-12/h5-11H,2-4H2,1H3,(H,19,20). The minimum absolute atomic E-state index is 0.0657. The molecule has 0 atom stereocenters. The Morgan fingerprint density at radius 1 is 1.24 bits per heavy atom. The number of rotatable bonds is 6. The van der Waals surface area contributed by atoms with E-state index in [-0.39, 0.29) is 11.7 Å². The number of hydrogen-bond acceptors (Lipinski definition) is 3. The van der Waals surface area contributed by atoms with Crippen molar-refractivity contribution in [1.29, 1.82) is 0 Å². The van der Waals surface area contributed by atoms with Crippen molar-refractivity contribution in [3.63, 3.8) is 0 Å². The third-order valence-electron chi connectivity index (χ3n) is 3.01. The smallest absolute Gasteiger partial charge is 0.224 e. The third-order valence-corrected chi connectivity index (χ3v) is 3.01. The quantitative estimate of drug-likeness (QED) is 0.888. The number of amides is 1. The van der Waals surface area contributed by atoms with E-state index in [0.29, 0.717) is 24.4 Å². The number of ether oxygens (including phenoxy) is 1. The van der Waals surface area contributed by atoms with Gasteiger partial charge in [-0.05, 0) is 36.6 Å². The molecule has 2 aromatic rings. The van der Waals surface area contributed by atoms with Crippen LogP contribution in [-0.2, 0) is 11.2 Å². The van der Waals surface area contributed by atoms with Crippen LogP contribution in [0.2, 0.25) is 0 Å². The highest BCUT2D eigenvalue weighted by molar-refractivity contribution is 5.90. The van der Waals surface area contributed by atoms with E-state index in [1.54, 1.807) is 30.5 Å². The molecule has 0 saturated heterocycles. The Morgan fingerprint density at radius 2 is 2.00 bits per heavy atom. The van der Waals surface area contributed by atoms with Gasteiger partial charge >= 0.3 is 0 Å². The molecule has 1 N–H and O–H groups in total. The van der Waals surface area contributed by atoms with Crippen molar-refractivity contribution in [3.05, 3.63) is 54.0 Å². The third kappa shape index (κ3) is 4.87. The van der Waals surface area contributed by atoms with Gasteiger partial charge in [0, 0.05) is 12.5 Å². The van der Waals surface area contributed by atoms with Crippen LogP contribution in [0.1, 0.15) is 18.4 Å². The van der Waals surface area contributed by atoms with E-state index < -0.39 is 0 Å². The maximum atomic E-state index is 12.8. The molecular formula is C16H17FN2O2. The van der Waals surface area contributed by atoms with E-state index in [1.807, 2.05) is 0 Å². The van der Waals surface area contributed by atoms with Gasteiger partial charge in [0.25, 0.3) is 0 Å². The Hall–Kier alpha value is -2.43. The first-order valence-electron chi connectivity index (χ1n) is 6.72. The van der Waals surface area contributed by atoms with Crippen molar-refractivity contribution in [1.82, 2.24) is 4.98 Å². The fourth-order valence-electron chi connectivity index (χ4n) is 1.90. The van der Waals surface area contributed by atoms with Gasteiger partial charge in [-0.1, -0.05) is 12.1 Å². The van der Waals surface area contributed by atoms with Crippen molar-refractivity contribution in [2.75, 3.05) is 12.4 Å². The normalized spacial score (nSPS) is 10.2. The van der Waals surface area contributed by atoms with E-state index in [2.05, 4.69) is 10.3 Å². The molecule has 0 aliphatic carbocycles. The van der Waals surface area contributed by atoms with Gasteiger partial charge in [0.2, 0.25) is 11.8 Å². The fourth-order valence-corrected chi connectivity index (χ4v) is 1.90. The SMILES string of the molecule is COc1ccc(NC(=O)CCCc2ccc(F)cc2)cn1. The van der Waals surface area contributed by atoms with Gasteiger partial charge in [-0.15, -0.1) is 0 Å². The molecule has 0 fully saturated rings. The number of nitrogens with zero attached hydrogens (tertiary/aromatic N) is 1. The van der Waals surface area contributed by atoms with Gasteiger partial charge < -0.3 is 10.1 Å². The predicted octanol–water partition coefficient (Wildman–Crippen LogP) is 3.19. The molecule has 0 aliphatic rings. The summed E-state index contributed by atoms with van der Waals surface area (Å²) in [5.74, 6) is 0.192. The molecule has 0 saturated carbocycles. The van der Waals surface area contributed by atoms with Crippen LogP contribution in [0.4, 0.5) is 10.1 Å². The number of halogens is 1. The summed E-state index contributed by atoms with van der Waals surface area (Å²) in [6, 6.07) is 9.76. The van der Waals surface area contributed by atoms with Gasteiger partial charge in [0.1, 0.15) is 5.82 Å². The number of aromatic nitrogens is 1. The average Bonchev–Trinajstić information content (AvgIpc) is 2.50. The fraction of sp³-hybridized carbons (Fsp3) is 0.250. The molecular weight excluding hydrogens is 271 g/mol. The van der Waals surface area contributed by atoms with Gasteiger partial charge in [-0.3, -0.25) is 4.79 Å². The second-order valence-electron chi connectivity index (χ2n) is 4.62. The van der Waals surface area contributed by atoms with Crippen LogP contribution in [0.5, 0.6) is 5.88 Å². The molecule has 110 valence electrons. The van der Waals surface area contributed by atoms with Gasteiger partial charge in [0.05, 0.1) is 19.0 Å². The second kappa shape index (κ2) is 7.38. The molecule has 1 heterocycles. The number of carbonyl (C=O) groups excluding carboxylic acids is 1. The van der Waals surface area contributed by atoms with Crippen LogP contribution in [0.15, 0.2) is 42.6 Å². The number of anilines is 1. The molecule has 0 radical (unpaired) electrons. The number of pyridine rings is 1. The van der Waals surface area contributed by atoms with E-state index >= 15 is 0 Å². The second-order valence-corrected chi connectivity index (χ2v) is 4.62. The summed E-state index contributed by atoms with van der Waals surface area (Å²) in [6.45, 7) is 0. The van der Waals surface area contributed by atoms with Crippen molar-refractivity contribution in [2.24, 2.45) is 0 Å². The van der Waals surface area contributed by atoms with Crippen molar-refractivity contribution in [3.8, 4) is 5.88 Å². The molecule has 5 heteroatoms. The average molecular weight is 288 g/mol. The number of carbonyl (C=O) groups is 1. The van der Waals surface area contributed by atoms with E-state index in [0.717, 1.165) is 12.0 Å². The molecule has 1 aromatic carbocycles. The summed E-state index contributed by atoms with van der Waals surface area (Å²) in [5.41, 5.74) is 1.66. The van der Waals surface area contributed by atoms with Crippen LogP contribution in [0, 0.1) is 5.82 Å². The molecule has 0 bridgehead atoms. The van der Waals surface area contributed by atoms with E-state index in [1.165, 1.54) is 19.2 Å². The number of methoxy groups -OCH3 is 1. The van der Waals surface area contributed by atoms with Crippen LogP contribution >= 0.6 is 0 Å². The summed E-state index contributed by atoms with van der Waals surface area (Å²) >= 11 is 0. The van der Waals surface area contributed by atoms with Crippen LogP contribution < -0.4 is 10.1 Å². The van der Waals surface area contributed by atoms with Crippen molar-refractivity contribution in [2.45, 2.75) is 19.3 Å². The summed E-state index contributed by atoms with van der Waals surface area (Å²) in [4.78, 5) is 15.8. The molecule has 2 rings (SSSR count). The molecule has 0 aliphatic heterocycles. The minimum Gasteiger partial charge on any atom is -0.481 e. The lowest BCUT2D eigenvalue weighted by Gasteiger charge is -2.06. The first-order valence-corrected chi connectivity index (χ1v) is 6.72. The maximum absolute atomic E-state index is 12.8. The molecule has 0 spiro atoms. The minimum atomic E-state index is -0.247. The van der Waals surface area contributed by atoms with Gasteiger partial charge in [0.15, 0.2) is 0 Å². The number of benzene rings is 1. The molecule has 1 aromatic heterocycles. The first kappa shape index (κ1) is 15.0. The number of aryl methyl sites for hydroxylation is 1. The number of hydrogen-bond donors (Lipinski definition) is 1. The zero-order valence-corrected chi connectivity index (χ0v) is 11.8. The van der Waals surface area contributed by atoms with Crippen LogP contribution in [0.3, 0.4) is 0 Å². The zero-order chi connectivity index (χ0) is 15.1. The van der Waals surface area contributed by atoms with Crippen molar-refractivity contribution < 1.29 is 13.9 Å². The molecule has 21 heavy (non-hydrogen) atoms. The maximum Gasteiger partial charge on any atom is 0.224 e. The topological polar surface area (TPSA) is 51.2 Å². The highest BCUT2D eigenvalue weighted by Gasteiger charge is 2.03. The van der Waals surface area contributed by atoms with Crippen LogP contribution in [-0.4, -0.2) is 18.0 Å². The molecule has 4 nitrogen and oxygen atoms in total. The zero-order valence-electron chi connectivity index (χ0n) is 11.8. The first-order chi connectivity index (χ1) is 10.2. The largest absolute Gasteiger partial charge is 0.481 e. The monoisotopic (exact) mass is 288 g/mol. The lowest BCUT2D eigenvalue weighted by molar-refractivity contribution is -0.116. The van der Waals surface area contributed by atoms with Gasteiger partial charge in [-0.2, -0.15) is 0 Å². The number of nitrogens with one attached hydrogen (secondary N) is 1. The Morgan fingerprint density at radius 3 is 2.62 bits per heavy atom. The molecule has 0 unspecified atom stereocenters. The van der Waals surface area contributed by atoms with E-state index in [4.69, 9.17) is 4.74 Å². The van der Waals surface area contributed by atoms with E-state index in [9.17, 15) is 9.18 Å². The highest BCUT2D eigenvalue weighted by Crippen LogP contribution is 2.12. The van der Waals surface area contributed by atoms with Gasteiger partial charge in [-0.25, -0.2) is 9.37 Å².